The SMILES string of the molecule is C/C=N/CCCNCCCCNCCCN. The van der Waals surface area contributed by atoms with Gasteiger partial charge in [0.15, 0.2) is 0 Å². The molecule has 0 saturated carbocycles. The van der Waals surface area contributed by atoms with E-state index in [1.165, 1.54) is 12.8 Å². The molecule has 0 bridgehead atoms. The molecule has 4 N–H and O–H groups in total. The van der Waals surface area contributed by atoms with Crippen molar-refractivity contribution in [2.24, 2.45) is 10.7 Å². The maximum absolute atomic E-state index is 5.40. The van der Waals surface area contributed by atoms with Gasteiger partial charge in [0.25, 0.3) is 0 Å². The van der Waals surface area contributed by atoms with Gasteiger partial charge < -0.3 is 16.4 Å². The van der Waals surface area contributed by atoms with E-state index >= 15 is 0 Å². The Morgan fingerprint density at radius 3 is 2.06 bits per heavy atom. The minimum absolute atomic E-state index is 0.787. The molecule has 16 heavy (non-hydrogen) atoms. The fourth-order valence-corrected chi connectivity index (χ4v) is 1.40. The van der Waals surface area contributed by atoms with Gasteiger partial charge in [-0.2, -0.15) is 0 Å². The molecule has 0 aromatic carbocycles. The molecule has 4 heteroatoms. The number of unbranched alkanes of at least 4 members (excludes halogenated alkanes) is 1. The third kappa shape index (κ3) is 13.5. The van der Waals surface area contributed by atoms with E-state index in [-0.39, 0.29) is 0 Å². The molecule has 0 aromatic rings. The van der Waals surface area contributed by atoms with Crippen LogP contribution < -0.4 is 16.4 Å². The van der Waals surface area contributed by atoms with E-state index in [0.717, 1.165) is 52.1 Å². The lowest BCUT2D eigenvalue weighted by Gasteiger charge is -2.05. The van der Waals surface area contributed by atoms with Gasteiger partial charge >= 0.3 is 0 Å². The van der Waals surface area contributed by atoms with Crippen molar-refractivity contribution in [2.75, 3.05) is 39.3 Å². The molecule has 0 spiro atoms. The number of hydrogen-bond acceptors (Lipinski definition) is 4. The maximum atomic E-state index is 5.40. The lowest BCUT2D eigenvalue weighted by molar-refractivity contribution is 0.570. The van der Waals surface area contributed by atoms with E-state index in [1.807, 2.05) is 13.1 Å². The molecule has 0 unspecified atom stereocenters. The van der Waals surface area contributed by atoms with Gasteiger partial charge in [0, 0.05) is 6.54 Å². The highest BCUT2D eigenvalue weighted by Crippen LogP contribution is 1.85. The minimum atomic E-state index is 0.787. The van der Waals surface area contributed by atoms with Crippen LogP contribution in [0, 0.1) is 0 Å². The van der Waals surface area contributed by atoms with Crippen molar-refractivity contribution in [3.63, 3.8) is 0 Å². The molecule has 0 radical (unpaired) electrons. The standard InChI is InChI=1S/C12H28N4/c1-2-14-11-6-12-16-9-4-3-8-15-10-5-7-13/h2,15-16H,3-13H2,1H3/b14-2+. The third-order valence-electron chi connectivity index (χ3n) is 2.34. The van der Waals surface area contributed by atoms with Crippen molar-refractivity contribution in [2.45, 2.75) is 32.6 Å². The number of nitrogens with one attached hydrogen (secondary N) is 2. The summed E-state index contributed by atoms with van der Waals surface area (Å²) in [6.07, 6.45) is 6.57. The Bertz CT molecular complexity index is 148. The Balaban J connectivity index is 2.88. The number of aliphatic imine (C=N–C) groups is 1. The fourth-order valence-electron chi connectivity index (χ4n) is 1.40. The smallest absolute Gasteiger partial charge is 0.0397 e. The predicted molar refractivity (Wildman–Crippen MR) is 72.3 cm³/mol. The predicted octanol–water partition coefficient (Wildman–Crippen LogP) is 0.775. The highest BCUT2D eigenvalue weighted by Gasteiger charge is 1.90. The minimum Gasteiger partial charge on any atom is -0.330 e. The molecule has 0 aliphatic carbocycles. The van der Waals surface area contributed by atoms with Crippen LogP contribution in [0.15, 0.2) is 4.99 Å². The molecule has 0 atom stereocenters. The average Bonchev–Trinajstić information content (AvgIpc) is 2.31. The molecular weight excluding hydrogens is 200 g/mol. The Hall–Kier alpha value is -0.450. The van der Waals surface area contributed by atoms with Crippen LogP contribution in [-0.4, -0.2) is 45.5 Å². The van der Waals surface area contributed by atoms with Crippen LogP contribution in [0.5, 0.6) is 0 Å². The van der Waals surface area contributed by atoms with E-state index < -0.39 is 0 Å². The van der Waals surface area contributed by atoms with Gasteiger partial charge in [-0.05, 0) is 71.5 Å². The Morgan fingerprint density at radius 1 is 0.938 bits per heavy atom. The van der Waals surface area contributed by atoms with Gasteiger partial charge in [-0.25, -0.2) is 0 Å². The van der Waals surface area contributed by atoms with Crippen LogP contribution in [-0.2, 0) is 0 Å². The van der Waals surface area contributed by atoms with Crippen molar-refractivity contribution in [1.82, 2.24) is 10.6 Å². The summed E-state index contributed by atoms with van der Waals surface area (Å²) in [6, 6.07) is 0. The van der Waals surface area contributed by atoms with E-state index in [4.69, 9.17) is 5.73 Å². The summed E-state index contributed by atoms with van der Waals surface area (Å²) < 4.78 is 0. The summed E-state index contributed by atoms with van der Waals surface area (Å²) in [5, 5.41) is 6.80. The Morgan fingerprint density at radius 2 is 1.50 bits per heavy atom. The second kappa shape index (κ2) is 14.6. The van der Waals surface area contributed by atoms with Crippen molar-refractivity contribution >= 4 is 6.21 Å². The zero-order valence-electron chi connectivity index (χ0n) is 10.7. The van der Waals surface area contributed by atoms with Crippen molar-refractivity contribution < 1.29 is 0 Å². The van der Waals surface area contributed by atoms with Gasteiger partial charge in [-0.15, -0.1) is 0 Å². The summed E-state index contributed by atoms with van der Waals surface area (Å²) >= 11 is 0. The molecule has 0 rings (SSSR count). The Labute approximate surface area is 100 Å². The number of hydrogen-bond donors (Lipinski definition) is 3. The highest BCUT2D eigenvalue weighted by atomic mass is 14.9. The quantitative estimate of drug-likeness (QED) is 0.342. The van der Waals surface area contributed by atoms with Crippen LogP contribution in [0.3, 0.4) is 0 Å². The first kappa shape index (κ1) is 15.6. The van der Waals surface area contributed by atoms with E-state index in [1.54, 1.807) is 0 Å². The van der Waals surface area contributed by atoms with E-state index in [0.29, 0.717) is 0 Å². The molecule has 0 fully saturated rings. The summed E-state index contributed by atoms with van der Waals surface area (Å²) in [5.41, 5.74) is 5.40. The topological polar surface area (TPSA) is 62.4 Å². The first-order valence-electron chi connectivity index (χ1n) is 6.47. The van der Waals surface area contributed by atoms with E-state index in [9.17, 15) is 0 Å². The summed E-state index contributed by atoms with van der Waals surface area (Å²) in [5.74, 6) is 0. The fraction of sp³-hybridized carbons (Fsp3) is 0.917. The maximum Gasteiger partial charge on any atom is 0.0397 e. The molecule has 0 heterocycles. The van der Waals surface area contributed by atoms with E-state index in [2.05, 4.69) is 15.6 Å². The van der Waals surface area contributed by atoms with Crippen LogP contribution >= 0.6 is 0 Å². The number of nitrogens with zero attached hydrogens (tertiary/aromatic N) is 1. The van der Waals surface area contributed by atoms with Gasteiger partial charge in [-0.1, -0.05) is 0 Å². The molecule has 4 nitrogen and oxygen atoms in total. The largest absolute Gasteiger partial charge is 0.330 e. The van der Waals surface area contributed by atoms with Crippen molar-refractivity contribution in [3.8, 4) is 0 Å². The van der Waals surface area contributed by atoms with Gasteiger partial charge in [0.1, 0.15) is 0 Å². The lowest BCUT2D eigenvalue weighted by Crippen LogP contribution is -2.21. The number of rotatable bonds is 12. The molecule has 0 saturated heterocycles. The molecule has 0 aromatic heterocycles. The van der Waals surface area contributed by atoms with Crippen LogP contribution in [0.25, 0.3) is 0 Å². The highest BCUT2D eigenvalue weighted by molar-refractivity contribution is 5.53. The summed E-state index contributed by atoms with van der Waals surface area (Å²) in [6.45, 7) is 8.07. The molecule has 0 aliphatic heterocycles. The van der Waals surface area contributed by atoms with Crippen molar-refractivity contribution in [3.05, 3.63) is 0 Å². The second-order valence-corrected chi connectivity index (χ2v) is 3.87. The average molecular weight is 228 g/mol. The molecule has 96 valence electrons. The zero-order chi connectivity index (χ0) is 11.9. The monoisotopic (exact) mass is 228 g/mol. The third-order valence-corrected chi connectivity index (χ3v) is 2.34. The molecular formula is C12H28N4. The molecule has 0 aliphatic rings. The summed E-state index contributed by atoms with van der Waals surface area (Å²) in [7, 11) is 0. The Kier molecular flexibility index (Phi) is 14.1. The van der Waals surface area contributed by atoms with Crippen LogP contribution in [0.4, 0.5) is 0 Å². The zero-order valence-corrected chi connectivity index (χ0v) is 10.7. The van der Waals surface area contributed by atoms with Gasteiger partial charge in [0.2, 0.25) is 0 Å². The van der Waals surface area contributed by atoms with Crippen LogP contribution in [0.2, 0.25) is 0 Å². The van der Waals surface area contributed by atoms with Gasteiger partial charge in [-0.3, -0.25) is 4.99 Å². The van der Waals surface area contributed by atoms with Crippen molar-refractivity contribution in [1.29, 1.82) is 0 Å². The van der Waals surface area contributed by atoms with Crippen LogP contribution in [0.1, 0.15) is 32.6 Å². The first-order chi connectivity index (χ1) is 7.91. The second-order valence-electron chi connectivity index (χ2n) is 3.87. The first-order valence-corrected chi connectivity index (χ1v) is 6.47. The normalized spacial score (nSPS) is 11.4. The number of nitrogens with two attached hydrogens (primary N) is 1. The lowest BCUT2D eigenvalue weighted by atomic mass is 10.3. The summed E-state index contributed by atoms with van der Waals surface area (Å²) in [4.78, 5) is 4.16. The van der Waals surface area contributed by atoms with Gasteiger partial charge in [0.05, 0.1) is 0 Å². The molecule has 0 amide bonds.